The molecule has 0 aliphatic carbocycles. The Kier molecular flexibility index (Phi) is 2.92. The lowest BCUT2D eigenvalue weighted by molar-refractivity contribution is -0.122. The molecule has 1 N–H and O–H groups in total. The molecule has 5 heteroatoms. The molecule has 4 nitrogen and oxygen atoms in total. The molecule has 0 bridgehead atoms. The number of alkyl halides is 1. The maximum atomic E-state index is 11.6. The molecule has 2 amide bonds. The summed E-state index contributed by atoms with van der Waals surface area (Å²) in [5.41, 5.74) is 3.87. The summed E-state index contributed by atoms with van der Waals surface area (Å²) in [6, 6.07) is 7.19. The molecule has 1 aliphatic rings. The maximum Gasteiger partial charge on any atom is 0.262 e. The topological polar surface area (TPSA) is 49.4 Å². The lowest BCUT2D eigenvalue weighted by atomic mass is 10.1. The molecule has 1 heterocycles. The first-order chi connectivity index (χ1) is 7.72. The number of amides is 2. The van der Waals surface area contributed by atoms with Gasteiger partial charge >= 0.3 is 0 Å². The number of carbonyl (C=O) groups is 2. The molecule has 82 valence electrons. The van der Waals surface area contributed by atoms with Gasteiger partial charge in [-0.3, -0.25) is 15.0 Å². The second kappa shape index (κ2) is 4.37. The number of anilines is 1. The van der Waals surface area contributed by atoms with Gasteiger partial charge in [0.05, 0.1) is 5.69 Å². The third-order valence-electron chi connectivity index (χ3n) is 2.18. The highest BCUT2D eigenvalue weighted by Crippen LogP contribution is 2.22. The number of halogens is 1. The van der Waals surface area contributed by atoms with Crippen LogP contribution in [-0.2, 0) is 9.59 Å². The van der Waals surface area contributed by atoms with Crippen molar-refractivity contribution in [2.45, 2.75) is 0 Å². The van der Waals surface area contributed by atoms with Crippen molar-refractivity contribution in [3.63, 3.8) is 0 Å². The van der Waals surface area contributed by atoms with Crippen molar-refractivity contribution < 1.29 is 9.59 Å². The lowest BCUT2D eigenvalue weighted by Gasteiger charge is -2.21. The Morgan fingerprint density at radius 1 is 1.31 bits per heavy atom. The van der Waals surface area contributed by atoms with Gasteiger partial charge in [0.2, 0.25) is 0 Å². The first-order valence-electron chi connectivity index (χ1n) is 4.69. The zero-order valence-corrected chi connectivity index (χ0v) is 9.07. The van der Waals surface area contributed by atoms with E-state index >= 15 is 0 Å². The molecule has 0 saturated heterocycles. The van der Waals surface area contributed by atoms with Crippen LogP contribution in [0.5, 0.6) is 0 Å². The molecular formula is C11H9ClN2O2. The molecule has 0 aromatic heterocycles. The largest absolute Gasteiger partial charge is 0.271 e. The molecule has 1 aliphatic heterocycles. The van der Waals surface area contributed by atoms with Gasteiger partial charge in [-0.2, -0.15) is 0 Å². The standard InChI is InChI=1S/C11H9ClN2O2/c12-7-11(16)14-9-4-2-1-3-8(9)5-6-10(15)13-14/h1-6H,7H2,(H,13,15). The molecule has 0 atom stereocenters. The minimum Gasteiger partial charge on any atom is -0.271 e. The number of hydrogen-bond donors (Lipinski definition) is 1. The second-order valence-electron chi connectivity index (χ2n) is 3.23. The fourth-order valence-electron chi connectivity index (χ4n) is 1.46. The van der Waals surface area contributed by atoms with Crippen LogP contribution in [0.1, 0.15) is 5.56 Å². The molecular weight excluding hydrogens is 228 g/mol. The van der Waals surface area contributed by atoms with Gasteiger partial charge in [-0.1, -0.05) is 18.2 Å². The fraction of sp³-hybridized carbons (Fsp3) is 0.0909. The van der Waals surface area contributed by atoms with Crippen molar-refractivity contribution in [1.82, 2.24) is 5.43 Å². The van der Waals surface area contributed by atoms with Gasteiger partial charge in [0.15, 0.2) is 0 Å². The van der Waals surface area contributed by atoms with Crippen LogP contribution in [-0.4, -0.2) is 17.7 Å². The van der Waals surface area contributed by atoms with Gasteiger partial charge in [-0.15, -0.1) is 11.6 Å². The number of para-hydroxylation sites is 1. The third kappa shape index (κ3) is 1.92. The summed E-state index contributed by atoms with van der Waals surface area (Å²) in [6.45, 7) is 0. The van der Waals surface area contributed by atoms with E-state index in [2.05, 4.69) is 5.43 Å². The zero-order chi connectivity index (χ0) is 11.5. The van der Waals surface area contributed by atoms with E-state index in [-0.39, 0.29) is 17.7 Å². The summed E-state index contributed by atoms with van der Waals surface area (Å²) in [4.78, 5) is 22.9. The highest BCUT2D eigenvalue weighted by Gasteiger charge is 2.20. The highest BCUT2D eigenvalue weighted by atomic mass is 35.5. The van der Waals surface area contributed by atoms with Gasteiger partial charge < -0.3 is 0 Å². The third-order valence-corrected chi connectivity index (χ3v) is 2.41. The summed E-state index contributed by atoms with van der Waals surface area (Å²) < 4.78 is 0. The summed E-state index contributed by atoms with van der Waals surface area (Å²) in [5.74, 6) is -0.907. The van der Waals surface area contributed by atoms with Gasteiger partial charge in [0.25, 0.3) is 11.8 Å². The number of carbonyl (C=O) groups excluding carboxylic acids is 2. The lowest BCUT2D eigenvalue weighted by Crippen LogP contribution is -2.46. The van der Waals surface area contributed by atoms with Crippen molar-refractivity contribution in [2.75, 3.05) is 10.9 Å². The number of fused-ring (bicyclic) bond motifs is 1. The van der Waals surface area contributed by atoms with Gasteiger partial charge in [0.1, 0.15) is 5.88 Å². The van der Waals surface area contributed by atoms with Crippen LogP contribution in [0.4, 0.5) is 5.69 Å². The molecule has 1 aromatic carbocycles. The number of hydrazine groups is 1. The van der Waals surface area contributed by atoms with E-state index in [1.807, 2.05) is 12.1 Å². The van der Waals surface area contributed by atoms with Crippen LogP contribution < -0.4 is 10.4 Å². The second-order valence-corrected chi connectivity index (χ2v) is 3.50. The molecule has 0 spiro atoms. The Balaban J connectivity index is 2.48. The Morgan fingerprint density at radius 3 is 2.81 bits per heavy atom. The molecule has 0 unspecified atom stereocenters. The molecule has 0 radical (unpaired) electrons. The van der Waals surface area contributed by atoms with Gasteiger partial charge in [-0.25, -0.2) is 5.01 Å². The predicted molar refractivity (Wildman–Crippen MR) is 61.8 cm³/mol. The number of nitrogens with zero attached hydrogens (tertiary/aromatic N) is 1. The Morgan fingerprint density at radius 2 is 2.06 bits per heavy atom. The first kappa shape index (κ1) is 10.7. The monoisotopic (exact) mass is 236 g/mol. The van der Waals surface area contributed by atoms with E-state index in [1.54, 1.807) is 18.2 Å². The first-order valence-corrected chi connectivity index (χ1v) is 5.22. The average Bonchev–Trinajstić information content (AvgIpc) is 2.48. The van der Waals surface area contributed by atoms with Crippen LogP contribution in [0.3, 0.4) is 0 Å². The van der Waals surface area contributed by atoms with Crippen molar-refractivity contribution in [1.29, 1.82) is 0 Å². The number of rotatable bonds is 1. The Hall–Kier alpha value is -1.81. The maximum absolute atomic E-state index is 11.6. The molecule has 1 aromatic rings. The van der Waals surface area contributed by atoms with Crippen LogP contribution in [0, 0.1) is 0 Å². The molecule has 0 saturated carbocycles. The van der Waals surface area contributed by atoms with Crippen LogP contribution in [0.25, 0.3) is 6.08 Å². The van der Waals surface area contributed by atoms with Crippen LogP contribution in [0.15, 0.2) is 30.3 Å². The van der Waals surface area contributed by atoms with E-state index in [1.165, 1.54) is 11.1 Å². The number of benzene rings is 1. The normalized spacial score (nSPS) is 14.1. The molecule has 0 fully saturated rings. The van der Waals surface area contributed by atoms with E-state index in [0.29, 0.717) is 5.69 Å². The van der Waals surface area contributed by atoms with Crippen molar-refractivity contribution in [3.8, 4) is 0 Å². The minimum atomic E-state index is -0.369. The van der Waals surface area contributed by atoms with Crippen LogP contribution >= 0.6 is 11.6 Å². The van der Waals surface area contributed by atoms with Crippen LogP contribution in [0.2, 0.25) is 0 Å². The minimum absolute atomic E-state index is 0.186. The fourth-order valence-corrected chi connectivity index (χ4v) is 1.58. The molecule has 2 rings (SSSR count). The van der Waals surface area contributed by atoms with Gasteiger partial charge in [-0.05, 0) is 12.1 Å². The Bertz CT molecular complexity index is 471. The highest BCUT2D eigenvalue weighted by molar-refractivity contribution is 6.29. The van der Waals surface area contributed by atoms with E-state index in [4.69, 9.17) is 11.6 Å². The summed E-state index contributed by atoms with van der Waals surface area (Å²) in [6.07, 6.45) is 3.03. The summed E-state index contributed by atoms with van der Waals surface area (Å²) in [5, 5.41) is 1.17. The van der Waals surface area contributed by atoms with E-state index < -0.39 is 0 Å². The number of hydrogen-bond acceptors (Lipinski definition) is 2. The quantitative estimate of drug-likeness (QED) is 0.748. The van der Waals surface area contributed by atoms with Crippen molar-refractivity contribution in [3.05, 3.63) is 35.9 Å². The van der Waals surface area contributed by atoms with Crippen molar-refractivity contribution in [2.24, 2.45) is 0 Å². The summed E-state index contributed by atoms with van der Waals surface area (Å²) >= 11 is 5.49. The summed E-state index contributed by atoms with van der Waals surface area (Å²) in [7, 11) is 0. The van der Waals surface area contributed by atoms with Crippen molar-refractivity contribution >= 4 is 35.2 Å². The SMILES string of the molecule is O=C1C=Cc2ccccc2N(C(=O)CCl)N1. The Labute approximate surface area is 97.5 Å². The molecule has 16 heavy (non-hydrogen) atoms. The zero-order valence-electron chi connectivity index (χ0n) is 8.31. The number of nitrogens with one attached hydrogen (secondary N) is 1. The smallest absolute Gasteiger partial charge is 0.262 e. The van der Waals surface area contributed by atoms with E-state index in [0.717, 1.165) is 5.56 Å². The average molecular weight is 237 g/mol. The predicted octanol–water partition coefficient (Wildman–Crippen LogP) is 1.32. The van der Waals surface area contributed by atoms with E-state index in [9.17, 15) is 9.59 Å². The van der Waals surface area contributed by atoms with Gasteiger partial charge in [0, 0.05) is 11.6 Å².